The molecule has 1 rings (SSSR count). The Morgan fingerprint density at radius 2 is 1.54 bits per heavy atom. The Labute approximate surface area is 162 Å². The monoisotopic (exact) mass is 394 g/mol. The van der Waals surface area contributed by atoms with Gasteiger partial charge < -0.3 is 32.3 Å². The summed E-state index contributed by atoms with van der Waals surface area (Å²) >= 11 is 0. The molecule has 0 saturated heterocycles. The first-order valence-corrected chi connectivity index (χ1v) is 8.66. The van der Waals surface area contributed by atoms with Crippen LogP contribution in [-0.2, 0) is 25.6 Å². The Bertz CT molecular complexity index is 719. The summed E-state index contributed by atoms with van der Waals surface area (Å²) in [5, 5.41) is 23.2. The maximum Gasteiger partial charge on any atom is 0.326 e. The van der Waals surface area contributed by atoms with Crippen molar-refractivity contribution in [2.24, 2.45) is 17.4 Å². The summed E-state index contributed by atoms with van der Waals surface area (Å²) in [7, 11) is 0. The topological polar surface area (TPSA) is 185 Å². The molecule has 0 aromatic heterocycles. The molecule has 10 nitrogen and oxygen atoms in total. The summed E-state index contributed by atoms with van der Waals surface area (Å²) in [6.07, 6.45) is -0.571. The molecule has 1 aromatic rings. The second-order valence-electron chi connectivity index (χ2n) is 6.77. The molecule has 0 bridgehead atoms. The van der Waals surface area contributed by atoms with Gasteiger partial charge in [0.05, 0.1) is 12.5 Å². The highest BCUT2D eigenvalue weighted by molar-refractivity contribution is 5.93. The van der Waals surface area contributed by atoms with Crippen molar-refractivity contribution in [2.75, 3.05) is 0 Å². The van der Waals surface area contributed by atoms with Gasteiger partial charge in [-0.05, 0) is 23.6 Å². The van der Waals surface area contributed by atoms with E-state index in [9.17, 15) is 24.3 Å². The first-order chi connectivity index (χ1) is 13.0. The predicted molar refractivity (Wildman–Crippen MR) is 99.9 cm³/mol. The van der Waals surface area contributed by atoms with E-state index in [2.05, 4.69) is 10.6 Å². The summed E-state index contributed by atoms with van der Waals surface area (Å²) < 4.78 is 0. The van der Waals surface area contributed by atoms with Crippen molar-refractivity contribution < 1.29 is 29.4 Å². The molecule has 0 aliphatic carbocycles. The van der Waals surface area contributed by atoms with Gasteiger partial charge in [0, 0.05) is 6.42 Å². The Morgan fingerprint density at radius 1 is 1.00 bits per heavy atom. The molecule has 0 spiro atoms. The van der Waals surface area contributed by atoms with Crippen LogP contribution in [0, 0.1) is 5.92 Å². The molecule has 0 aliphatic rings. The Balaban J connectivity index is 3.01. The highest BCUT2D eigenvalue weighted by atomic mass is 16.4. The molecule has 0 radical (unpaired) electrons. The number of hydrogen-bond acceptors (Lipinski definition) is 6. The molecule has 3 atom stereocenters. The fourth-order valence-corrected chi connectivity index (χ4v) is 2.32. The lowest BCUT2D eigenvalue weighted by molar-refractivity contribution is -0.143. The van der Waals surface area contributed by atoms with E-state index < -0.39 is 48.2 Å². The van der Waals surface area contributed by atoms with Gasteiger partial charge in [-0.15, -0.1) is 0 Å². The standard InChI is InChI=1S/C18H26N4O6/c1-9(2)15(20)17(26)21-12(7-10-3-5-11(23)6-4-10)16(25)22-13(18(27)28)8-14(19)24/h3-6,9,12-13,15,23H,7-8,20H2,1-2H3,(H2,19,24)(H,21,26)(H,22,25)(H,27,28). The summed E-state index contributed by atoms with van der Waals surface area (Å²) in [6, 6.07) is 2.42. The summed E-state index contributed by atoms with van der Waals surface area (Å²) in [5.74, 6) is -3.85. The van der Waals surface area contributed by atoms with E-state index in [0.29, 0.717) is 5.56 Å². The number of aromatic hydroxyl groups is 1. The summed E-state index contributed by atoms with van der Waals surface area (Å²) in [4.78, 5) is 47.2. The number of carboxylic acids is 1. The smallest absolute Gasteiger partial charge is 0.326 e. The van der Waals surface area contributed by atoms with Crippen LogP contribution in [-0.4, -0.2) is 52.0 Å². The highest BCUT2D eigenvalue weighted by Crippen LogP contribution is 2.12. The first kappa shape index (κ1) is 22.9. The molecule has 3 amide bonds. The van der Waals surface area contributed by atoms with E-state index in [0.717, 1.165) is 0 Å². The SMILES string of the molecule is CC(C)C(N)C(=O)NC(Cc1ccc(O)cc1)C(=O)NC(CC(N)=O)C(=O)O. The van der Waals surface area contributed by atoms with Crippen LogP contribution in [0.2, 0.25) is 0 Å². The van der Waals surface area contributed by atoms with Crippen molar-refractivity contribution >= 4 is 23.7 Å². The predicted octanol–water partition coefficient (Wildman–Crippen LogP) is -1.15. The number of rotatable bonds is 10. The van der Waals surface area contributed by atoms with Crippen LogP contribution in [0.15, 0.2) is 24.3 Å². The van der Waals surface area contributed by atoms with Crippen LogP contribution in [0.4, 0.5) is 0 Å². The van der Waals surface area contributed by atoms with Gasteiger partial charge in [0.1, 0.15) is 17.8 Å². The highest BCUT2D eigenvalue weighted by Gasteiger charge is 2.29. The van der Waals surface area contributed by atoms with Crippen LogP contribution in [0.5, 0.6) is 5.75 Å². The van der Waals surface area contributed by atoms with Gasteiger partial charge in [-0.2, -0.15) is 0 Å². The van der Waals surface area contributed by atoms with Crippen molar-refractivity contribution in [1.29, 1.82) is 0 Å². The second kappa shape index (κ2) is 10.3. The number of benzene rings is 1. The number of aliphatic carboxylic acids is 1. The largest absolute Gasteiger partial charge is 0.508 e. The van der Waals surface area contributed by atoms with Gasteiger partial charge >= 0.3 is 5.97 Å². The van der Waals surface area contributed by atoms with Crippen LogP contribution in [0.3, 0.4) is 0 Å². The molecule has 0 fully saturated rings. The number of amides is 3. The van der Waals surface area contributed by atoms with Gasteiger partial charge in [0.2, 0.25) is 17.7 Å². The van der Waals surface area contributed by atoms with Crippen LogP contribution in [0.25, 0.3) is 0 Å². The van der Waals surface area contributed by atoms with Crippen LogP contribution >= 0.6 is 0 Å². The van der Waals surface area contributed by atoms with Crippen LogP contribution in [0.1, 0.15) is 25.8 Å². The number of carboxylic acid groups (broad SMARTS) is 1. The molecule has 8 N–H and O–H groups in total. The average Bonchev–Trinajstić information content (AvgIpc) is 2.60. The quantitative estimate of drug-likeness (QED) is 0.289. The summed E-state index contributed by atoms with van der Waals surface area (Å²) in [6.45, 7) is 3.49. The fraction of sp³-hybridized carbons (Fsp3) is 0.444. The van der Waals surface area contributed by atoms with Gasteiger partial charge in [-0.25, -0.2) is 4.79 Å². The van der Waals surface area contributed by atoms with Gasteiger partial charge in [0.15, 0.2) is 0 Å². The van der Waals surface area contributed by atoms with Crippen molar-refractivity contribution in [3.05, 3.63) is 29.8 Å². The zero-order valence-electron chi connectivity index (χ0n) is 15.7. The number of carbonyl (C=O) groups is 4. The number of carbonyl (C=O) groups excluding carboxylic acids is 3. The van der Waals surface area contributed by atoms with E-state index in [-0.39, 0.29) is 18.1 Å². The normalized spacial score (nSPS) is 14.0. The molecular formula is C18H26N4O6. The van der Waals surface area contributed by atoms with Crippen molar-refractivity contribution in [1.82, 2.24) is 10.6 Å². The van der Waals surface area contributed by atoms with E-state index in [1.54, 1.807) is 26.0 Å². The minimum absolute atomic E-state index is 0.0194. The number of hydrogen-bond donors (Lipinski definition) is 6. The van der Waals surface area contributed by atoms with Crippen molar-refractivity contribution in [3.8, 4) is 5.75 Å². The van der Waals surface area contributed by atoms with Crippen LogP contribution < -0.4 is 22.1 Å². The van der Waals surface area contributed by atoms with E-state index in [1.165, 1.54) is 12.1 Å². The van der Waals surface area contributed by atoms with Crippen molar-refractivity contribution in [2.45, 2.75) is 44.8 Å². The van der Waals surface area contributed by atoms with Gasteiger partial charge in [-0.1, -0.05) is 26.0 Å². The fourth-order valence-electron chi connectivity index (χ4n) is 2.32. The second-order valence-corrected chi connectivity index (χ2v) is 6.77. The van der Waals surface area contributed by atoms with E-state index in [4.69, 9.17) is 16.6 Å². The number of nitrogens with one attached hydrogen (secondary N) is 2. The Morgan fingerprint density at radius 3 is 2.00 bits per heavy atom. The third-order valence-corrected chi connectivity index (χ3v) is 4.05. The molecule has 28 heavy (non-hydrogen) atoms. The molecule has 154 valence electrons. The Hall–Kier alpha value is -3.14. The molecule has 0 saturated carbocycles. The number of phenols is 1. The maximum atomic E-state index is 12.6. The molecule has 1 aromatic carbocycles. The molecule has 0 heterocycles. The van der Waals surface area contributed by atoms with E-state index in [1.807, 2.05) is 0 Å². The van der Waals surface area contributed by atoms with E-state index >= 15 is 0 Å². The average molecular weight is 394 g/mol. The minimum Gasteiger partial charge on any atom is -0.508 e. The van der Waals surface area contributed by atoms with Crippen molar-refractivity contribution in [3.63, 3.8) is 0 Å². The molecular weight excluding hydrogens is 368 g/mol. The third-order valence-electron chi connectivity index (χ3n) is 4.05. The lowest BCUT2D eigenvalue weighted by Gasteiger charge is -2.23. The third kappa shape index (κ3) is 7.23. The first-order valence-electron chi connectivity index (χ1n) is 8.66. The Kier molecular flexibility index (Phi) is 8.39. The molecule has 0 aliphatic heterocycles. The number of phenolic OH excluding ortho intramolecular Hbond substituents is 1. The summed E-state index contributed by atoms with van der Waals surface area (Å²) in [5.41, 5.74) is 11.4. The zero-order valence-corrected chi connectivity index (χ0v) is 15.7. The van der Waals surface area contributed by atoms with Gasteiger partial charge in [0.25, 0.3) is 0 Å². The van der Waals surface area contributed by atoms with Gasteiger partial charge in [-0.3, -0.25) is 14.4 Å². The zero-order chi connectivity index (χ0) is 21.4. The number of primary amides is 1. The lowest BCUT2D eigenvalue weighted by atomic mass is 10.0. The minimum atomic E-state index is -1.53. The maximum absolute atomic E-state index is 12.6. The molecule has 10 heteroatoms. The molecule has 3 unspecified atom stereocenters. The number of nitrogens with two attached hydrogens (primary N) is 2. The lowest BCUT2D eigenvalue weighted by Crippen LogP contribution is -2.56.